The van der Waals surface area contributed by atoms with Gasteiger partial charge in [-0.1, -0.05) is 6.92 Å². The molecule has 0 amide bonds. The number of hydrogen-bond donors (Lipinski definition) is 2. The number of rotatable bonds is 4. The van der Waals surface area contributed by atoms with E-state index in [9.17, 15) is 8.78 Å². The van der Waals surface area contributed by atoms with Gasteiger partial charge in [-0.3, -0.25) is 0 Å². The average Bonchev–Trinajstić information content (AvgIpc) is 2.43. The van der Waals surface area contributed by atoms with Crippen molar-refractivity contribution in [3.63, 3.8) is 0 Å². The molecule has 0 aliphatic carbocycles. The summed E-state index contributed by atoms with van der Waals surface area (Å²) < 4.78 is 26.6. The van der Waals surface area contributed by atoms with Crippen LogP contribution in [0.5, 0.6) is 0 Å². The van der Waals surface area contributed by atoms with Crippen LogP contribution in [-0.2, 0) is 6.42 Å². The Morgan fingerprint density at radius 1 is 1.15 bits per heavy atom. The molecule has 6 heteroatoms. The van der Waals surface area contributed by atoms with Crippen LogP contribution in [0.1, 0.15) is 18.3 Å². The first-order valence-corrected chi connectivity index (χ1v) is 6.32. The van der Waals surface area contributed by atoms with Crippen molar-refractivity contribution in [3.05, 3.63) is 41.2 Å². The highest BCUT2D eigenvalue weighted by Gasteiger charge is 2.11. The Kier molecular flexibility index (Phi) is 4.12. The standard InChI is InChI=1S/C14H16F2N4/c1-4-12-19-13(17-3)8(2)14(20-12)18-11-6-5-9(15)7-10(11)16/h5-7H,4H2,1-3H3,(H2,17,18,19,20). The lowest BCUT2D eigenvalue weighted by Crippen LogP contribution is -2.07. The van der Waals surface area contributed by atoms with Crippen molar-refractivity contribution in [1.82, 2.24) is 9.97 Å². The van der Waals surface area contributed by atoms with Crippen LogP contribution < -0.4 is 10.6 Å². The maximum atomic E-state index is 13.7. The predicted molar refractivity (Wildman–Crippen MR) is 75.3 cm³/mol. The van der Waals surface area contributed by atoms with Gasteiger partial charge in [-0.15, -0.1) is 0 Å². The summed E-state index contributed by atoms with van der Waals surface area (Å²) in [6.07, 6.45) is 0.662. The van der Waals surface area contributed by atoms with Crippen molar-refractivity contribution in [2.24, 2.45) is 0 Å². The van der Waals surface area contributed by atoms with E-state index in [1.54, 1.807) is 7.05 Å². The van der Waals surface area contributed by atoms with Crippen LogP contribution in [0, 0.1) is 18.6 Å². The molecule has 0 radical (unpaired) electrons. The Morgan fingerprint density at radius 2 is 1.85 bits per heavy atom. The largest absolute Gasteiger partial charge is 0.373 e. The summed E-state index contributed by atoms with van der Waals surface area (Å²) in [5.41, 5.74) is 0.950. The van der Waals surface area contributed by atoms with Crippen molar-refractivity contribution in [1.29, 1.82) is 0 Å². The van der Waals surface area contributed by atoms with Crippen molar-refractivity contribution >= 4 is 17.3 Å². The lowest BCUT2D eigenvalue weighted by Gasteiger charge is -2.13. The third-order valence-electron chi connectivity index (χ3n) is 2.93. The van der Waals surface area contributed by atoms with Gasteiger partial charge in [0.2, 0.25) is 0 Å². The van der Waals surface area contributed by atoms with Gasteiger partial charge in [0.1, 0.15) is 29.1 Å². The molecule has 0 spiro atoms. The second-order valence-corrected chi connectivity index (χ2v) is 4.31. The Hall–Kier alpha value is -2.24. The zero-order valence-corrected chi connectivity index (χ0v) is 11.6. The number of benzene rings is 1. The molecule has 2 N–H and O–H groups in total. The smallest absolute Gasteiger partial charge is 0.149 e. The van der Waals surface area contributed by atoms with Gasteiger partial charge < -0.3 is 10.6 Å². The number of anilines is 3. The maximum absolute atomic E-state index is 13.7. The lowest BCUT2D eigenvalue weighted by molar-refractivity contribution is 0.586. The van der Waals surface area contributed by atoms with E-state index in [2.05, 4.69) is 20.6 Å². The van der Waals surface area contributed by atoms with E-state index in [4.69, 9.17) is 0 Å². The Morgan fingerprint density at radius 3 is 2.45 bits per heavy atom. The van der Waals surface area contributed by atoms with Crippen LogP contribution in [0.3, 0.4) is 0 Å². The zero-order valence-electron chi connectivity index (χ0n) is 11.6. The second-order valence-electron chi connectivity index (χ2n) is 4.31. The number of nitrogens with one attached hydrogen (secondary N) is 2. The summed E-state index contributed by atoms with van der Waals surface area (Å²) in [4.78, 5) is 8.67. The van der Waals surface area contributed by atoms with Crippen molar-refractivity contribution < 1.29 is 8.78 Å². The molecule has 0 bridgehead atoms. The van der Waals surface area contributed by atoms with Gasteiger partial charge in [0.05, 0.1) is 5.69 Å². The SMILES string of the molecule is CCc1nc(NC)c(C)c(Nc2ccc(F)cc2F)n1. The van der Waals surface area contributed by atoms with E-state index in [0.717, 1.165) is 11.6 Å². The molecule has 0 fully saturated rings. The van der Waals surface area contributed by atoms with Gasteiger partial charge in [-0.05, 0) is 19.1 Å². The molecule has 0 atom stereocenters. The van der Waals surface area contributed by atoms with E-state index in [-0.39, 0.29) is 5.69 Å². The monoisotopic (exact) mass is 278 g/mol. The molecule has 2 rings (SSSR count). The molecule has 0 saturated heterocycles. The maximum Gasteiger partial charge on any atom is 0.149 e. The van der Waals surface area contributed by atoms with E-state index < -0.39 is 11.6 Å². The minimum absolute atomic E-state index is 0.178. The molecule has 1 aromatic carbocycles. The molecule has 0 unspecified atom stereocenters. The summed E-state index contributed by atoms with van der Waals surface area (Å²) in [7, 11) is 1.76. The molecule has 106 valence electrons. The normalized spacial score (nSPS) is 10.4. The fourth-order valence-corrected chi connectivity index (χ4v) is 1.80. The molecule has 20 heavy (non-hydrogen) atoms. The summed E-state index contributed by atoms with van der Waals surface area (Å²) in [5, 5.41) is 5.86. The van der Waals surface area contributed by atoms with Crippen molar-refractivity contribution in [2.75, 3.05) is 17.7 Å². The van der Waals surface area contributed by atoms with Crippen LogP contribution >= 0.6 is 0 Å². The lowest BCUT2D eigenvalue weighted by atomic mass is 10.2. The second kappa shape index (κ2) is 5.81. The minimum Gasteiger partial charge on any atom is -0.373 e. The minimum atomic E-state index is -0.660. The third-order valence-corrected chi connectivity index (χ3v) is 2.93. The first-order chi connectivity index (χ1) is 9.55. The van der Waals surface area contributed by atoms with Gasteiger partial charge in [0.25, 0.3) is 0 Å². The van der Waals surface area contributed by atoms with Gasteiger partial charge in [0, 0.05) is 25.1 Å². The molecule has 0 aliphatic rings. The van der Waals surface area contributed by atoms with Gasteiger partial charge in [0.15, 0.2) is 0 Å². The van der Waals surface area contributed by atoms with E-state index in [0.29, 0.717) is 23.9 Å². The molecular formula is C14H16F2N4. The highest BCUT2D eigenvalue weighted by molar-refractivity contribution is 5.65. The highest BCUT2D eigenvalue weighted by Crippen LogP contribution is 2.25. The first kappa shape index (κ1) is 14.2. The summed E-state index contributed by atoms with van der Waals surface area (Å²) in [6, 6.07) is 3.37. The summed E-state index contributed by atoms with van der Waals surface area (Å²) in [6.45, 7) is 3.77. The molecule has 0 saturated carbocycles. The van der Waals surface area contributed by atoms with Crippen LogP contribution in [0.15, 0.2) is 18.2 Å². The fourth-order valence-electron chi connectivity index (χ4n) is 1.80. The molecular weight excluding hydrogens is 262 g/mol. The third kappa shape index (κ3) is 2.84. The predicted octanol–water partition coefficient (Wildman–Crippen LogP) is 3.41. The highest BCUT2D eigenvalue weighted by atomic mass is 19.1. The Balaban J connectivity index is 2.42. The zero-order chi connectivity index (χ0) is 14.7. The van der Waals surface area contributed by atoms with Crippen LogP contribution in [0.2, 0.25) is 0 Å². The number of hydrogen-bond acceptors (Lipinski definition) is 4. The molecule has 1 aromatic heterocycles. The van der Waals surface area contributed by atoms with E-state index in [1.165, 1.54) is 12.1 Å². The Bertz CT molecular complexity index is 629. The first-order valence-electron chi connectivity index (χ1n) is 6.32. The molecule has 0 aliphatic heterocycles. The molecule has 2 aromatic rings. The van der Waals surface area contributed by atoms with Gasteiger partial charge in [-0.25, -0.2) is 18.7 Å². The van der Waals surface area contributed by atoms with Gasteiger partial charge >= 0.3 is 0 Å². The average molecular weight is 278 g/mol. The number of nitrogens with zero attached hydrogens (tertiary/aromatic N) is 2. The quantitative estimate of drug-likeness (QED) is 0.899. The summed E-state index contributed by atoms with van der Waals surface area (Å²) in [5.74, 6) is 0.559. The Labute approximate surface area is 116 Å². The fraction of sp³-hybridized carbons (Fsp3) is 0.286. The number of halogens is 2. The van der Waals surface area contributed by atoms with E-state index in [1.807, 2.05) is 13.8 Å². The van der Waals surface area contributed by atoms with E-state index >= 15 is 0 Å². The molecule has 1 heterocycles. The summed E-state index contributed by atoms with van der Waals surface area (Å²) >= 11 is 0. The van der Waals surface area contributed by atoms with Crippen LogP contribution in [0.25, 0.3) is 0 Å². The number of aryl methyl sites for hydroxylation is 1. The van der Waals surface area contributed by atoms with Gasteiger partial charge in [-0.2, -0.15) is 0 Å². The van der Waals surface area contributed by atoms with Crippen molar-refractivity contribution in [3.8, 4) is 0 Å². The van der Waals surface area contributed by atoms with Crippen LogP contribution in [-0.4, -0.2) is 17.0 Å². The number of aromatic nitrogens is 2. The van der Waals surface area contributed by atoms with Crippen LogP contribution in [0.4, 0.5) is 26.1 Å². The molecule has 4 nitrogen and oxygen atoms in total. The van der Waals surface area contributed by atoms with Crippen molar-refractivity contribution in [2.45, 2.75) is 20.3 Å². The topological polar surface area (TPSA) is 49.8 Å².